The summed E-state index contributed by atoms with van der Waals surface area (Å²) in [5.41, 5.74) is 0.771. The zero-order valence-corrected chi connectivity index (χ0v) is 15.3. The Hall–Kier alpha value is -2.21. The molecule has 0 spiro atoms. The van der Waals surface area contributed by atoms with Gasteiger partial charge in [0.15, 0.2) is 11.7 Å². The van der Waals surface area contributed by atoms with Gasteiger partial charge in [-0.3, -0.25) is 4.79 Å². The van der Waals surface area contributed by atoms with Crippen molar-refractivity contribution in [3.8, 4) is 11.3 Å². The van der Waals surface area contributed by atoms with Crippen LogP contribution in [0.3, 0.4) is 0 Å². The molecule has 1 aromatic carbocycles. The maximum Gasteiger partial charge on any atom is 0.220 e. The third-order valence-corrected chi connectivity index (χ3v) is 3.76. The smallest absolute Gasteiger partial charge is 0.220 e. The molecule has 1 aromatic heterocycles. The number of nitrogens with one attached hydrogen (secondary N) is 1. The first-order chi connectivity index (χ1) is 11.7. The van der Waals surface area contributed by atoms with Gasteiger partial charge in [0.1, 0.15) is 5.82 Å². The maximum atomic E-state index is 13.0. The monoisotopic (exact) mass is 347 g/mol. The van der Waals surface area contributed by atoms with Crippen LogP contribution in [-0.4, -0.2) is 43.0 Å². The van der Waals surface area contributed by atoms with E-state index in [1.165, 1.54) is 12.1 Å². The summed E-state index contributed by atoms with van der Waals surface area (Å²) in [7, 11) is 4.04. The lowest BCUT2D eigenvalue weighted by molar-refractivity contribution is -0.121. The summed E-state index contributed by atoms with van der Waals surface area (Å²) in [6.07, 6.45) is 2.35. The number of aryl methyl sites for hydroxylation is 1. The van der Waals surface area contributed by atoms with Crippen LogP contribution in [0.4, 0.5) is 4.39 Å². The van der Waals surface area contributed by atoms with Gasteiger partial charge in [0.2, 0.25) is 5.91 Å². The summed E-state index contributed by atoms with van der Waals surface area (Å²) >= 11 is 0. The normalized spacial score (nSPS) is 11.8. The van der Waals surface area contributed by atoms with Gasteiger partial charge in [-0.25, -0.2) is 9.37 Å². The van der Waals surface area contributed by atoms with E-state index in [9.17, 15) is 9.18 Å². The highest BCUT2D eigenvalue weighted by molar-refractivity contribution is 5.76. The average Bonchev–Trinajstić information content (AvgIpc) is 2.99. The van der Waals surface area contributed by atoms with Crippen LogP contribution < -0.4 is 5.32 Å². The molecule has 0 bridgehead atoms. The number of oxazole rings is 1. The Kier molecular flexibility index (Phi) is 6.31. The first-order valence-corrected chi connectivity index (χ1v) is 8.37. The molecule has 0 saturated heterocycles. The zero-order valence-electron chi connectivity index (χ0n) is 15.3. The van der Waals surface area contributed by atoms with Crippen LogP contribution in [0.25, 0.3) is 11.3 Å². The summed E-state index contributed by atoms with van der Waals surface area (Å²) < 4.78 is 18.6. The zero-order chi connectivity index (χ0) is 18.4. The van der Waals surface area contributed by atoms with E-state index >= 15 is 0 Å². The molecule has 2 rings (SSSR count). The van der Waals surface area contributed by atoms with E-state index in [0.717, 1.165) is 12.1 Å². The second-order valence-electron chi connectivity index (χ2n) is 7.30. The SMILES string of the molecule is CN(C)CC(C)(C)CNC(=O)CCc1ncc(-c2ccc(F)cc2)o1. The van der Waals surface area contributed by atoms with Gasteiger partial charge < -0.3 is 14.6 Å². The van der Waals surface area contributed by atoms with Crippen molar-refractivity contribution < 1.29 is 13.6 Å². The minimum absolute atomic E-state index is 0.0118. The molecule has 0 radical (unpaired) electrons. The fraction of sp³-hybridized carbons (Fsp3) is 0.474. The summed E-state index contributed by atoms with van der Waals surface area (Å²) in [4.78, 5) is 18.3. The van der Waals surface area contributed by atoms with Crippen molar-refractivity contribution in [2.24, 2.45) is 5.41 Å². The van der Waals surface area contributed by atoms with E-state index in [4.69, 9.17) is 4.42 Å². The van der Waals surface area contributed by atoms with Gasteiger partial charge in [0, 0.05) is 31.5 Å². The van der Waals surface area contributed by atoms with Crippen molar-refractivity contribution in [1.82, 2.24) is 15.2 Å². The minimum atomic E-state index is -0.294. The number of carbonyl (C=O) groups is 1. The van der Waals surface area contributed by atoms with Crippen molar-refractivity contribution in [2.75, 3.05) is 27.2 Å². The third kappa shape index (κ3) is 6.31. The molecule has 1 N–H and O–H groups in total. The molecule has 0 aliphatic heterocycles. The number of aromatic nitrogens is 1. The molecule has 5 nitrogen and oxygen atoms in total. The maximum absolute atomic E-state index is 13.0. The molecule has 0 fully saturated rings. The van der Waals surface area contributed by atoms with E-state index < -0.39 is 0 Å². The Bertz CT molecular complexity index is 693. The van der Waals surface area contributed by atoms with Crippen molar-refractivity contribution in [2.45, 2.75) is 26.7 Å². The largest absolute Gasteiger partial charge is 0.441 e. The standard InChI is InChI=1S/C19H26FN3O2/c1-19(2,13-23(3)4)12-22-17(24)9-10-18-21-11-16(25-18)14-5-7-15(20)8-6-14/h5-8,11H,9-10,12-13H2,1-4H3,(H,22,24). The molecule has 0 aliphatic carbocycles. The number of carbonyl (C=O) groups excluding carboxylic acids is 1. The molecular weight excluding hydrogens is 321 g/mol. The molecular formula is C19H26FN3O2. The lowest BCUT2D eigenvalue weighted by Crippen LogP contribution is -2.40. The summed E-state index contributed by atoms with van der Waals surface area (Å²) in [6.45, 7) is 5.76. The molecule has 25 heavy (non-hydrogen) atoms. The third-order valence-electron chi connectivity index (χ3n) is 3.76. The molecule has 1 amide bonds. The number of rotatable bonds is 8. The molecule has 2 aromatic rings. The highest BCUT2D eigenvalue weighted by Gasteiger charge is 2.20. The highest BCUT2D eigenvalue weighted by Crippen LogP contribution is 2.21. The summed E-state index contributed by atoms with van der Waals surface area (Å²) in [6, 6.07) is 6.03. The van der Waals surface area contributed by atoms with Gasteiger partial charge in [-0.15, -0.1) is 0 Å². The van der Waals surface area contributed by atoms with Crippen LogP contribution in [0.15, 0.2) is 34.9 Å². The van der Waals surface area contributed by atoms with Gasteiger partial charge in [0.05, 0.1) is 6.20 Å². The lowest BCUT2D eigenvalue weighted by Gasteiger charge is -2.28. The molecule has 136 valence electrons. The molecule has 0 aliphatic rings. The van der Waals surface area contributed by atoms with E-state index in [0.29, 0.717) is 31.0 Å². The average molecular weight is 347 g/mol. The Morgan fingerprint density at radius 2 is 1.96 bits per heavy atom. The second kappa shape index (κ2) is 8.25. The van der Waals surface area contributed by atoms with Crippen molar-refractivity contribution in [3.63, 3.8) is 0 Å². The van der Waals surface area contributed by atoms with Gasteiger partial charge in [-0.1, -0.05) is 13.8 Å². The Labute approximate surface area is 148 Å². The van der Waals surface area contributed by atoms with Crippen LogP contribution in [-0.2, 0) is 11.2 Å². The summed E-state index contributed by atoms with van der Waals surface area (Å²) in [5.74, 6) is 0.760. The van der Waals surface area contributed by atoms with E-state index in [1.807, 2.05) is 14.1 Å². The fourth-order valence-electron chi connectivity index (χ4n) is 2.73. The second-order valence-corrected chi connectivity index (χ2v) is 7.30. The van der Waals surface area contributed by atoms with Crippen LogP contribution in [0.5, 0.6) is 0 Å². The molecule has 0 saturated carbocycles. The van der Waals surface area contributed by atoms with Crippen LogP contribution in [0, 0.1) is 11.2 Å². The van der Waals surface area contributed by atoms with Crippen molar-refractivity contribution in [3.05, 3.63) is 42.2 Å². The number of halogens is 1. The minimum Gasteiger partial charge on any atom is -0.441 e. The van der Waals surface area contributed by atoms with E-state index in [-0.39, 0.29) is 17.1 Å². The van der Waals surface area contributed by atoms with Gasteiger partial charge in [-0.05, 0) is 43.8 Å². The van der Waals surface area contributed by atoms with Gasteiger partial charge >= 0.3 is 0 Å². The lowest BCUT2D eigenvalue weighted by atomic mass is 9.93. The molecule has 6 heteroatoms. The van der Waals surface area contributed by atoms with Crippen molar-refractivity contribution >= 4 is 5.91 Å². The highest BCUT2D eigenvalue weighted by atomic mass is 19.1. The number of hydrogen-bond donors (Lipinski definition) is 1. The molecule has 1 heterocycles. The predicted molar refractivity (Wildman–Crippen MR) is 95.6 cm³/mol. The Morgan fingerprint density at radius 1 is 1.28 bits per heavy atom. The van der Waals surface area contributed by atoms with Gasteiger partial charge in [0.25, 0.3) is 0 Å². The number of amides is 1. The van der Waals surface area contributed by atoms with E-state index in [2.05, 4.69) is 29.0 Å². The summed E-state index contributed by atoms with van der Waals surface area (Å²) in [5, 5.41) is 2.97. The Balaban J connectivity index is 1.81. The first kappa shape index (κ1) is 19.1. The molecule has 0 atom stereocenters. The van der Waals surface area contributed by atoms with E-state index in [1.54, 1.807) is 18.3 Å². The number of benzene rings is 1. The first-order valence-electron chi connectivity index (χ1n) is 8.37. The number of nitrogens with zero attached hydrogens (tertiary/aromatic N) is 2. The number of hydrogen-bond acceptors (Lipinski definition) is 4. The Morgan fingerprint density at radius 3 is 2.60 bits per heavy atom. The predicted octanol–water partition coefficient (Wildman–Crippen LogP) is 3.12. The van der Waals surface area contributed by atoms with Crippen LogP contribution >= 0.6 is 0 Å². The quantitative estimate of drug-likeness (QED) is 0.797. The van der Waals surface area contributed by atoms with Crippen molar-refractivity contribution in [1.29, 1.82) is 0 Å². The molecule has 0 unspecified atom stereocenters. The van der Waals surface area contributed by atoms with Gasteiger partial charge in [-0.2, -0.15) is 0 Å². The topological polar surface area (TPSA) is 58.4 Å². The fourth-order valence-corrected chi connectivity index (χ4v) is 2.73. The van der Waals surface area contributed by atoms with Crippen LogP contribution in [0.2, 0.25) is 0 Å². The van der Waals surface area contributed by atoms with Crippen LogP contribution in [0.1, 0.15) is 26.2 Å².